The Morgan fingerprint density at radius 3 is 2.27 bits per heavy atom. The maximum atomic E-state index is 12.9. The molecule has 162 valence electrons. The molecule has 0 fully saturated rings. The summed E-state index contributed by atoms with van der Waals surface area (Å²) >= 11 is 0. The van der Waals surface area contributed by atoms with Crippen molar-refractivity contribution in [2.24, 2.45) is 0 Å². The van der Waals surface area contributed by atoms with Crippen molar-refractivity contribution in [3.63, 3.8) is 0 Å². The normalized spacial score (nSPS) is 11.4. The fraction of sp³-hybridized carbons (Fsp3) is 0.542. The number of carbonyl (C=O) groups excluding carboxylic acids is 1. The highest BCUT2D eigenvalue weighted by molar-refractivity contribution is 6.08. The van der Waals surface area contributed by atoms with Crippen LogP contribution in [-0.4, -0.2) is 27.1 Å². The quantitative estimate of drug-likeness (QED) is 0.298. The molecule has 0 saturated carbocycles. The predicted molar refractivity (Wildman–Crippen MR) is 123 cm³/mol. The van der Waals surface area contributed by atoms with Crippen LogP contribution in [0.25, 0.3) is 22.2 Å². The van der Waals surface area contributed by atoms with Crippen molar-refractivity contribution in [2.45, 2.75) is 78.2 Å². The number of ether oxygens (including phenoxy) is 1. The van der Waals surface area contributed by atoms with Crippen LogP contribution in [0.2, 0.25) is 0 Å². The van der Waals surface area contributed by atoms with Crippen molar-refractivity contribution in [3.8, 4) is 0 Å². The summed E-state index contributed by atoms with van der Waals surface area (Å²) in [6.45, 7) is 5.46. The molecule has 3 rings (SSSR count). The second kappa shape index (κ2) is 11.0. The summed E-state index contributed by atoms with van der Waals surface area (Å²) in [7, 11) is 0. The van der Waals surface area contributed by atoms with E-state index in [2.05, 4.69) is 13.8 Å². The number of hydrogen-bond donors (Lipinski definition) is 1. The molecule has 6 nitrogen and oxygen atoms in total. The SMILES string of the molecule is CCCCCCCCCOC(=O)c1c(N)n(CCCC)c2nc3ccccc3nc12. The van der Waals surface area contributed by atoms with Gasteiger partial charge in [-0.2, -0.15) is 0 Å². The zero-order valence-electron chi connectivity index (χ0n) is 18.3. The third kappa shape index (κ3) is 5.10. The molecule has 2 heterocycles. The minimum Gasteiger partial charge on any atom is -0.462 e. The highest BCUT2D eigenvalue weighted by atomic mass is 16.5. The number of aromatic nitrogens is 3. The number of aryl methyl sites for hydroxylation is 1. The average molecular weight is 411 g/mol. The smallest absolute Gasteiger partial charge is 0.344 e. The number of hydrogen-bond acceptors (Lipinski definition) is 5. The van der Waals surface area contributed by atoms with E-state index >= 15 is 0 Å². The van der Waals surface area contributed by atoms with Gasteiger partial charge in [-0.15, -0.1) is 0 Å². The molecule has 1 aromatic carbocycles. The first kappa shape index (κ1) is 22.1. The minimum absolute atomic E-state index is 0.349. The van der Waals surface area contributed by atoms with E-state index in [1.165, 1.54) is 32.1 Å². The molecule has 0 unspecified atom stereocenters. The second-order valence-electron chi connectivity index (χ2n) is 7.91. The number of fused-ring (bicyclic) bond motifs is 2. The van der Waals surface area contributed by atoms with E-state index in [1.54, 1.807) is 0 Å². The van der Waals surface area contributed by atoms with Crippen LogP contribution in [0.4, 0.5) is 5.82 Å². The number of rotatable bonds is 12. The number of nitrogen functional groups attached to an aromatic ring is 1. The van der Waals surface area contributed by atoms with E-state index in [1.807, 2.05) is 28.8 Å². The van der Waals surface area contributed by atoms with E-state index in [-0.39, 0.29) is 0 Å². The Labute approximate surface area is 178 Å². The highest BCUT2D eigenvalue weighted by Crippen LogP contribution is 2.29. The molecule has 0 saturated heterocycles. The molecule has 0 spiro atoms. The van der Waals surface area contributed by atoms with Gasteiger partial charge < -0.3 is 15.0 Å². The summed E-state index contributed by atoms with van der Waals surface area (Å²) in [5, 5.41) is 0. The monoisotopic (exact) mass is 410 g/mol. The molecule has 2 aromatic heterocycles. The average Bonchev–Trinajstić information content (AvgIpc) is 3.02. The lowest BCUT2D eigenvalue weighted by molar-refractivity contribution is 0.0501. The van der Waals surface area contributed by atoms with Gasteiger partial charge in [-0.3, -0.25) is 0 Å². The summed E-state index contributed by atoms with van der Waals surface area (Å²) < 4.78 is 7.48. The zero-order chi connectivity index (χ0) is 21.3. The van der Waals surface area contributed by atoms with E-state index in [9.17, 15) is 4.79 Å². The van der Waals surface area contributed by atoms with Crippen LogP contribution in [0.1, 0.15) is 82.0 Å². The molecular formula is C24H34N4O2. The van der Waals surface area contributed by atoms with Gasteiger partial charge in [0.05, 0.1) is 17.6 Å². The van der Waals surface area contributed by atoms with E-state index < -0.39 is 5.97 Å². The lowest BCUT2D eigenvalue weighted by Gasteiger charge is -2.07. The molecule has 0 atom stereocenters. The second-order valence-corrected chi connectivity index (χ2v) is 7.91. The van der Waals surface area contributed by atoms with Gasteiger partial charge in [0.2, 0.25) is 0 Å². The fourth-order valence-electron chi connectivity index (χ4n) is 3.76. The molecule has 0 aliphatic rings. The van der Waals surface area contributed by atoms with Crippen LogP contribution in [0, 0.1) is 0 Å². The van der Waals surface area contributed by atoms with Crippen LogP contribution in [0.15, 0.2) is 24.3 Å². The highest BCUT2D eigenvalue weighted by Gasteiger charge is 2.24. The Hall–Kier alpha value is -2.63. The third-order valence-corrected chi connectivity index (χ3v) is 5.51. The van der Waals surface area contributed by atoms with Gasteiger partial charge in [-0.1, -0.05) is 70.9 Å². The standard InChI is InChI=1S/C24H34N4O2/c1-3-5-7-8-9-10-13-17-30-24(29)20-21-23(28(22(20)25)16-6-4-2)27-19-15-12-11-14-18(19)26-21/h11-12,14-15H,3-10,13,16-17,25H2,1-2H3. The lowest BCUT2D eigenvalue weighted by atomic mass is 10.1. The molecule has 0 aliphatic heterocycles. The number of para-hydroxylation sites is 2. The van der Waals surface area contributed by atoms with Gasteiger partial charge in [-0.05, 0) is 25.0 Å². The first-order valence-corrected chi connectivity index (χ1v) is 11.4. The van der Waals surface area contributed by atoms with Crippen molar-refractivity contribution >= 4 is 34.0 Å². The fourth-order valence-corrected chi connectivity index (χ4v) is 3.76. The molecular weight excluding hydrogens is 376 g/mol. The summed E-state index contributed by atoms with van der Waals surface area (Å²) in [4.78, 5) is 22.4. The largest absolute Gasteiger partial charge is 0.462 e. The Bertz CT molecular complexity index is 980. The number of nitrogens with two attached hydrogens (primary N) is 1. The van der Waals surface area contributed by atoms with Crippen LogP contribution in [0.5, 0.6) is 0 Å². The van der Waals surface area contributed by atoms with Crippen LogP contribution >= 0.6 is 0 Å². The molecule has 0 aliphatic carbocycles. The Morgan fingerprint density at radius 1 is 0.933 bits per heavy atom. The van der Waals surface area contributed by atoms with Gasteiger partial charge in [0.25, 0.3) is 0 Å². The van der Waals surface area contributed by atoms with E-state index in [0.29, 0.717) is 35.7 Å². The Kier molecular flexibility index (Phi) is 8.05. The van der Waals surface area contributed by atoms with Gasteiger partial charge >= 0.3 is 5.97 Å². The molecule has 0 amide bonds. The van der Waals surface area contributed by atoms with Gasteiger partial charge in [-0.25, -0.2) is 14.8 Å². The number of anilines is 1. The van der Waals surface area contributed by atoms with Crippen LogP contribution in [0.3, 0.4) is 0 Å². The molecule has 30 heavy (non-hydrogen) atoms. The summed E-state index contributed by atoms with van der Waals surface area (Å²) in [6.07, 6.45) is 10.2. The lowest BCUT2D eigenvalue weighted by Crippen LogP contribution is -2.11. The zero-order valence-corrected chi connectivity index (χ0v) is 18.3. The topological polar surface area (TPSA) is 83.0 Å². The molecule has 0 bridgehead atoms. The van der Waals surface area contributed by atoms with Crippen LogP contribution < -0.4 is 5.73 Å². The van der Waals surface area contributed by atoms with Gasteiger partial charge in [0, 0.05) is 6.54 Å². The van der Waals surface area contributed by atoms with Crippen molar-refractivity contribution in [2.75, 3.05) is 12.3 Å². The minimum atomic E-state index is -0.400. The van der Waals surface area contributed by atoms with E-state index in [4.69, 9.17) is 20.4 Å². The Balaban J connectivity index is 1.76. The summed E-state index contributed by atoms with van der Waals surface area (Å²) in [6, 6.07) is 7.67. The molecule has 3 aromatic rings. The number of esters is 1. The number of carbonyl (C=O) groups is 1. The van der Waals surface area contributed by atoms with Crippen LogP contribution in [-0.2, 0) is 11.3 Å². The number of unbranched alkanes of at least 4 members (excludes halogenated alkanes) is 7. The van der Waals surface area contributed by atoms with Crippen molar-refractivity contribution < 1.29 is 9.53 Å². The maximum Gasteiger partial charge on any atom is 0.344 e. The van der Waals surface area contributed by atoms with Crippen molar-refractivity contribution in [1.29, 1.82) is 0 Å². The van der Waals surface area contributed by atoms with Crippen molar-refractivity contribution in [1.82, 2.24) is 14.5 Å². The summed E-state index contributed by atoms with van der Waals surface area (Å²) in [5.41, 5.74) is 9.48. The molecule has 6 heteroatoms. The molecule has 0 radical (unpaired) electrons. The van der Waals surface area contributed by atoms with E-state index in [0.717, 1.165) is 36.7 Å². The maximum absolute atomic E-state index is 12.9. The Morgan fingerprint density at radius 2 is 1.57 bits per heavy atom. The summed E-state index contributed by atoms with van der Waals surface area (Å²) in [5.74, 6) is 0.00151. The molecule has 2 N–H and O–H groups in total. The van der Waals surface area contributed by atoms with Gasteiger partial charge in [0.15, 0.2) is 5.65 Å². The number of benzene rings is 1. The van der Waals surface area contributed by atoms with Gasteiger partial charge in [0.1, 0.15) is 16.9 Å². The van der Waals surface area contributed by atoms with Crippen molar-refractivity contribution in [3.05, 3.63) is 29.8 Å². The third-order valence-electron chi connectivity index (χ3n) is 5.51. The first-order valence-electron chi connectivity index (χ1n) is 11.4. The number of nitrogens with zero attached hydrogens (tertiary/aromatic N) is 3. The predicted octanol–water partition coefficient (Wildman–Crippen LogP) is 5.87. The first-order chi connectivity index (χ1) is 14.7.